The lowest BCUT2D eigenvalue weighted by Crippen LogP contribution is -2.36. The van der Waals surface area contributed by atoms with Gasteiger partial charge in [0.1, 0.15) is 5.75 Å². The maximum absolute atomic E-state index is 13.4. The molecule has 0 spiro atoms. The van der Waals surface area contributed by atoms with Gasteiger partial charge in [-0.25, -0.2) is 17.5 Å². The van der Waals surface area contributed by atoms with Crippen molar-refractivity contribution in [2.45, 2.75) is 37.5 Å². The minimum Gasteiger partial charge on any atom is -0.497 e. The lowest BCUT2D eigenvalue weighted by atomic mass is 10.2. The third-order valence-electron chi connectivity index (χ3n) is 4.83. The fourth-order valence-electron chi connectivity index (χ4n) is 3.14. The number of anilines is 1. The second-order valence-corrected chi connectivity index (χ2v) is 8.66. The number of carbonyl (C=O) groups is 1. The number of nitrogens with zero attached hydrogens (tertiary/aromatic N) is 2. The molecule has 0 atom stereocenters. The van der Waals surface area contributed by atoms with Gasteiger partial charge < -0.3 is 9.15 Å². The number of methoxy groups -OCH3 is 1. The van der Waals surface area contributed by atoms with Crippen LogP contribution >= 0.6 is 0 Å². The van der Waals surface area contributed by atoms with Crippen molar-refractivity contribution in [2.75, 3.05) is 11.4 Å². The van der Waals surface area contributed by atoms with Crippen LogP contribution in [0.1, 0.15) is 32.6 Å². The van der Waals surface area contributed by atoms with Gasteiger partial charge in [-0.1, -0.05) is 19.8 Å². The van der Waals surface area contributed by atoms with Crippen molar-refractivity contribution in [2.24, 2.45) is 7.05 Å². The molecular weight excluding hydrogens is 408 g/mol. The third kappa shape index (κ3) is 4.11. The Bertz CT molecular complexity index is 1210. The van der Waals surface area contributed by atoms with Crippen LogP contribution in [-0.2, 0) is 21.9 Å². The molecule has 0 radical (unpaired) electrons. The number of sulfonamides is 1. The molecule has 1 heterocycles. The Labute approximate surface area is 174 Å². The number of hydrogen-bond acceptors (Lipinski definition) is 6. The number of oxazole rings is 1. The Hall–Kier alpha value is -3.07. The number of carbonyl (C=O) groups excluding carboxylic acids is 1. The van der Waals surface area contributed by atoms with Crippen molar-refractivity contribution in [1.82, 2.24) is 4.57 Å². The van der Waals surface area contributed by atoms with E-state index in [4.69, 9.17) is 9.15 Å². The van der Waals surface area contributed by atoms with Crippen LogP contribution < -0.4 is 14.8 Å². The van der Waals surface area contributed by atoms with E-state index in [0.29, 0.717) is 17.7 Å². The fraction of sp³-hybridized carbons (Fsp3) is 0.333. The smallest absolute Gasteiger partial charge is 0.419 e. The number of ether oxygens (including phenoxy) is 1. The Balaban J connectivity index is 2.08. The van der Waals surface area contributed by atoms with E-state index in [9.17, 15) is 18.0 Å². The van der Waals surface area contributed by atoms with Crippen molar-refractivity contribution in [3.63, 3.8) is 0 Å². The fourth-order valence-corrected chi connectivity index (χ4v) is 4.61. The van der Waals surface area contributed by atoms with Crippen LogP contribution in [0, 0.1) is 0 Å². The Morgan fingerprint density at radius 2 is 1.83 bits per heavy atom. The van der Waals surface area contributed by atoms with Crippen LogP contribution in [0.4, 0.5) is 5.69 Å². The highest BCUT2D eigenvalue weighted by Gasteiger charge is 2.31. The third-order valence-corrected chi connectivity index (χ3v) is 6.57. The van der Waals surface area contributed by atoms with Crippen LogP contribution in [0.5, 0.6) is 5.75 Å². The van der Waals surface area contributed by atoms with Gasteiger partial charge in [-0.05, 0) is 42.8 Å². The minimum atomic E-state index is -4.23. The van der Waals surface area contributed by atoms with E-state index in [2.05, 4.69) is 0 Å². The summed E-state index contributed by atoms with van der Waals surface area (Å²) in [5.74, 6) is -0.576. The van der Waals surface area contributed by atoms with Crippen LogP contribution in [0.2, 0.25) is 0 Å². The highest BCUT2D eigenvalue weighted by atomic mass is 32.2. The van der Waals surface area contributed by atoms with Crippen LogP contribution in [0.3, 0.4) is 0 Å². The van der Waals surface area contributed by atoms with Crippen molar-refractivity contribution < 1.29 is 22.4 Å². The normalized spacial score (nSPS) is 11.6. The average Bonchev–Trinajstić information content (AvgIpc) is 3.02. The number of aryl methyl sites for hydroxylation is 1. The van der Waals surface area contributed by atoms with Crippen LogP contribution in [0.15, 0.2) is 56.6 Å². The Morgan fingerprint density at radius 1 is 1.13 bits per heavy atom. The maximum Gasteiger partial charge on any atom is 0.419 e. The molecule has 0 fully saturated rings. The first-order valence-corrected chi connectivity index (χ1v) is 11.1. The minimum absolute atomic E-state index is 0.0990. The first-order valence-electron chi connectivity index (χ1n) is 9.61. The van der Waals surface area contributed by atoms with E-state index >= 15 is 0 Å². The summed E-state index contributed by atoms with van der Waals surface area (Å²) in [6.45, 7) is 2.01. The standard InChI is InChI=1S/C21H24N2O6S/c1-4-5-6-7-20(24)23(15-8-10-16(28-3)11-9-15)30(26,27)17-12-13-18-19(14-17)29-21(25)22(18)2/h8-14H,4-7H2,1-3H3. The zero-order chi connectivity index (χ0) is 21.9. The topological polar surface area (TPSA) is 98.8 Å². The number of benzene rings is 2. The van der Waals surface area contributed by atoms with Gasteiger partial charge in [0.2, 0.25) is 5.91 Å². The predicted molar refractivity (Wildman–Crippen MR) is 113 cm³/mol. The molecule has 1 amide bonds. The maximum atomic E-state index is 13.4. The molecule has 0 aliphatic heterocycles. The summed E-state index contributed by atoms with van der Waals surface area (Å²) in [4.78, 5) is 24.6. The number of fused-ring (bicyclic) bond motifs is 1. The molecule has 0 saturated heterocycles. The quantitative estimate of drug-likeness (QED) is 0.506. The van der Waals surface area contributed by atoms with E-state index < -0.39 is 21.7 Å². The molecule has 160 valence electrons. The van der Waals surface area contributed by atoms with E-state index in [1.165, 1.54) is 49.1 Å². The molecule has 30 heavy (non-hydrogen) atoms. The number of aromatic nitrogens is 1. The summed E-state index contributed by atoms with van der Waals surface area (Å²) in [5, 5.41) is 0. The Morgan fingerprint density at radius 3 is 2.47 bits per heavy atom. The van der Waals surface area contributed by atoms with Crippen molar-refractivity contribution in [3.05, 3.63) is 53.0 Å². The van der Waals surface area contributed by atoms with Gasteiger partial charge in [-0.3, -0.25) is 9.36 Å². The van der Waals surface area contributed by atoms with E-state index in [1.807, 2.05) is 6.92 Å². The molecular formula is C21H24N2O6S. The van der Waals surface area contributed by atoms with Gasteiger partial charge in [-0.2, -0.15) is 0 Å². The van der Waals surface area contributed by atoms with Crippen molar-refractivity contribution in [3.8, 4) is 5.75 Å². The summed E-state index contributed by atoms with van der Waals surface area (Å²) < 4.78 is 39.2. The van der Waals surface area contributed by atoms with Crippen molar-refractivity contribution in [1.29, 1.82) is 0 Å². The highest BCUT2D eigenvalue weighted by Crippen LogP contribution is 2.28. The molecule has 8 nitrogen and oxygen atoms in total. The summed E-state index contributed by atoms with van der Waals surface area (Å²) >= 11 is 0. The van der Waals surface area contributed by atoms with Crippen LogP contribution in [0.25, 0.3) is 11.1 Å². The summed E-state index contributed by atoms with van der Waals surface area (Å²) in [5.41, 5.74) is 0.813. The molecule has 0 aliphatic rings. The molecule has 0 bridgehead atoms. The monoisotopic (exact) mass is 432 g/mol. The van der Waals surface area contributed by atoms with Crippen molar-refractivity contribution >= 4 is 32.7 Å². The summed E-state index contributed by atoms with van der Waals surface area (Å²) in [6, 6.07) is 10.4. The number of rotatable bonds is 8. The van der Waals surface area contributed by atoms with Gasteiger partial charge in [0, 0.05) is 19.5 Å². The van der Waals surface area contributed by atoms with E-state index in [0.717, 1.165) is 17.1 Å². The van der Waals surface area contributed by atoms with Gasteiger partial charge in [0.05, 0.1) is 23.2 Å². The molecule has 3 rings (SSSR count). The number of unbranched alkanes of at least 4 members (excludes halogenated alkanes) is 2. The molecule has 2 aromatic carbocycles. The zero-order valence-electron chi connectivity index (χ0n) is 17.1. The second-order valence-electron chi connectivity index (χ2n) is 6.87. The molecule has 9 heteroatoms. The second kappa shape index (κ2) is 8.74. The molecule has 0 aliphatic carbocycles. The lowest BCUT2D eigenvalue weighted by molar-refractivity contribution is -0.117. The first kappa shape index (κ1) is 21.6. The number of amides is 1. The van der Waals surface area contributed by atoms with E-state index in [-0.39, 0.29) is 22.6 Å². The zero-order valence-corrected chi connectivity index (χ0v) is 17.9. The largest absolute Gasteiger partial charge is 0.497 e. The molecule has 0 saturated carbocycles. The molecule has 0 unspecified atom stereocenters. The van der Waals surface area contributed by atoms with Gasteiger partial charge in [0.25, 0.3) is 10.0 Å². The highest BCUT2D eigenvalue weighted by molar-refractivity contribution is 7.93. The Kier molecular flexibility index (Phi) is 6.31. The summed E-state index contributed by atoms with van der Waals surface area (Å²) in [7, 11) is -1.20. The molecule has 3 aromatic rings. The summed E-state index contributed by atoms with van der Waals surface area (Å²) in [6.07, 6.45) is 2.42. The van der Waals surface area contributed by atoms with Gasteiger partial charge >= 0.3 is 5.76 Å². The molecule has 0 N–H and O–H groups in total. The predicted octanol–water partition coefficient (Wildman–Crippen LogP) is 3.44. The van der Waals surface area contributed by atoms with Gasteiger partial charge in [-0.15, -0.1) is 0 Å². The molecule has 1 aromatic heterocycles. The first-order chi connectivity index (χ1) is 14.3. The van der Waals surface area contributed by atoms with E-state index in [1.54, 1.807) is 12.1 Å². The van der Waals surface area contributed by atoms with Crippen LogP contribution in [-0.4, -0.2) is 26.0 Å². The lowest BCUT2D eigenvalue weighted by Gasteiger charge is -2.23. The SMILES string of the molecule is CCCCCC(=O)N(c1ccc(OC)cc1)S(=O)(=O)c1ccc2c(c1)oc(=O)n2C. The van der Waals surface area contributed by atoms with Gasteiger partial charge in [0.15, 0.2) is 5.58 Å². The number of hydrogen-bond donors (Lipinski definition) is 0. The average molecular weight is 432 g/mol.